The van der Waals surface area contributed by atoms with Crippen LogP contribution >= 0.6 is 0 Å². The molecular formula is C4H7F3O2Si. The second-order valence-electron chi connectivity index (χ2n) is 2.17. The molecule has 1 rings (SSSR count). The molecule has 0 amide bonds. The van der Waals surface area contributed by atoms with Crippen LogP contribution in [0.5, 0.6) is 0 Å². The standard InChI is InChI=1S/C4H7F3O2Si/c1-2-3-10(8-9-10)4(5,6)7/h2-3H2,1H3. The fourth-order valence-corrected chi connectivity index (χ4v) is 2.40. The van der Waals surface area contributed by atoms with E-state index < -0.39 is 14.4 Å². The Hall–Kier alpha value is -0.0731. The molecule has 0 saturated carbocycles. The predicted molar refractivity (Wildman–Crippen MR) is 29.1 cm³/mol. The van der Waals surface area contributed by atoms with Gasteiger partial charge in [0.1, 0.15) is 0 Å². The molecule has 1 saturated heterocycles. The predicted octanol–water partition coefficient (Wildman–Crippen LogP) is 1.90. The van der Waals surface area contributed by atoms with E-state index in [0.717, 1.165) is 0 Å². The molecule has 0 aromatic heterocycles. The fraction of sp³-hybridized carbons (Fsp3) is 1.00. The van der Waals surface area contributed by atoms with Crippen LogP contribution in [-0.4, -0.2) is 14.4 Å². The van der Waals surface area contributed by atoms with E-state index in [0.29, 0.717) is 6.42 Å². The van der Waals surface area contributed by atoms with Crippen molar-refractivity contribution in [3.8, 4) is 0 Å². The summed E-state index contributed by atoms with van der Waals surface area (Å²) in [6, 6.07) is 0.0104. The summed E-state index contributed by atoms with van der Waals surface area (Å²) in [5.41, 5.74) is 0. The first-order valence-electron chi connectivity index (χ1n) is 2.95. The minimum atomic E-state index is -4.25. The third kappa shape index (κ3) is 1.18. The summed E-state index contributed by atoms with van der Waals surface area (Å²) in [4.78, 5) is 0. The van der Waals surface area contributed by atoms with E-state index >= 15 is 0 Å². The average Bonchev–Trinajstić information content (AvgIpc) is 2.45. The smallest absolute Gasteiger partial charge is 0.246 e. The van der Waals surface area contributed by atoms with Gasteiger partial charge >= 0.3 is 14.4 Å². The topological polar surface area (TPSA) is 25.1 Å². The largest absolute Gasteiger partial charge is 0.516 e. The number of halogens is 3. The highest BCUT2D eigenvalue weighted by atomic mass is 28.4. The van der Waals surface area contributed by atoms with Gasteiger partial charge in [0.2, 0.25) is 0 Å². The summed E-state index contributed by atoms with van der Waals surface area (Å²) in [5, 5.41) is 0. The zero-order chi connectivity index (χ0) is 7.83. The van der Waals surface area contributed by atoms with Gasteiger partial charge in [0.25, 0.3) is 0 Å². The summed E-state index contributed by atoms with van der Waals surface area (Å²) in [6.45, 7) is 1.67. The molecule has 0 spiro atoms. The number of rotatable bonds is 2. The molecule has 0 aliphatic carbocycles. The van der Waals surface area contributed by atoms with Crippen LogP contribution in [0.1, 0.15) is 13.3 Å². The molecule has 0 bridgehead atoms. The first-order valence-corrected chi connectivity index (χ1v) is 4.98. The normalized spacial score (nSPS) is 22.8. The van der Waals surface area contributed by atoms with Crippen LogP contribution in [0.25, 0.3) is 0 Å². The minimum absolute atomic E-state index is 0.0104. The molecule has 0 radical (unpaired) electrons. The molecule has 1 fully saturated rings. The van der Waals surface area contributed by atoms with Gasteiger partial charge < -0.3 is 0 Å². The van der Waals surface area contributed by atoms with Crippen molar-refractivity contribution in [2.24, 2.45) is 0 Å². The minimum Gasteiger partial charge on any atom is -0.246 e. The van der Waals surface area contributed by atoms with E-state index in [1.807, 2.05) is 0 Å². The first kappa shape index (κ1) is 8.03. The number of alkyl halides is 3. The van der Waals surface area contributed by atoms with Crippen LogP contribution in [0, 0.1) is 0 Å². The lowest BCUT2D eigenvalue weighted by atomic mass is 10.6. The lowest BCUT2D eigenvalue weighted by Crippen LogP contribution is -2.37. The van der Waals surface area contributed by atoms with Crippen molar-refractivity contribution in [3.63, 3.8) is 0 Å². The van der Waals surface area contributed by atoms with Gasteiger partial charge in [-0.15, -0.1) is 0 Å². The van der Waals surface area contributed by atoms with Gasteiger partial charge in [-0.25, -0.2) is 9.15 Å². The highest BCUT2D eigenvalue weighted by Gasteiger charge is 2.74. The second-order valence-corrected chi connectivity index (χ2v) is 5.07. The number of hydrogen-bond donors (Lipinski definition) is 0. The van der Waals surface area contributed by atoms with Gasteiger partial charge in [0.15, 0.2) is 0 Å². The molecule has 0 aromatic carbocycles. The van der Waals surface area contributed by atoms with Gasteiger partial charge in [-0.05, 0) is 0 Å². The Morgan fingerprint density at radius 2 is 1.80 bits per heavy atom. The Balaban J connectivity index is 2.52. The molecule has 0 N–H and O–H groups in total. The molecule has 1 aliphatic heterocycles. The maximum absolute atomic E-state index is 11.9. The van der Waals surface area contributed by atoms with Gasteiger partial charge in [-0.3, -0.25) is 0 Å². The third-order valence-electron chi connectivity index (χ3n) is 1.30. The van der Waals surface area contributed by atoms with Crippen molar-refractivity contribution in [1.29, 1.82) is 0 Å². The quantitative estimate of drug-likeness (QED) is 0.361. The summed E-state index contributed by atoms with van der Waals surface area (Å²) in [7, 11) is -3.65. The van der Waals surface area contributed by atoms with Gasteiger partial charge in [0, 0.05) is 6.04 Å². The highest BCUT2D eigenvalue weighted by Crippen LogP contribution is 2.43. The average molecular weight is 172 g/mol. The van der Waals surface area contributed by atoms with Crippen LogP contribution in [-0.2, 0) is 9.15 Å². The van der Waals surface area contributed by atoms with Crippen LogP contribution in [0.4, 0.5) is 13.2 Å². The molecule has 0 unspecified atom stereocenters. The molecule has 10 heavy (non-hydrogen) atoms. The van der Waals surface area contributed by atoms with Gasteiger partial charge in [-0.1, -0.05) is 13.3 Å². The summed E-state index contributed by atoms with van der Waals surface area (Å²) in [6.07, 6.45) is 0.450. The van der Waals surface area contributed by atoms with Crippen molar-refractivity contribution < 1.29 is 22.3 Å². The van der Waals surface area contributed by atoms with Crippen LogP contribution in [0.2, 0.25) is 6.04 Å². The summed E-state index contributed by atoms with van der Waals surface area (Å²) < 4.78 is 43.7. The summed E-state index contributed by atoms with van der Waals surface area (Å²) >= 11 is 0. The maximum Gasteiger partial charge on any atom is 0.516 e. The zero-order valence-electron chi connectivity index (χ0n) is 5.36. The first-order chi connectivity index (χ1) is 4.52. The van der Waals surface area contributed by atoms with E-state index in [-0.39, 0.29) is 6.04 Å². The van der Waals surface area contributed by atoms with E-state index in [4.69, 9.17) is 0 Å². The van der Waals surface area contributed by atoms with Crippen molar-refractivity contribution in [1.82, 2.24) is 0 Å². The zero-order valence-corrected chi connectivity index (χ0v) is 6.36. The molecule has 1 aliphatic rings. The van der Waals surface area contributed by atoms with Gasteiger partial charge in [-0.2, -0.15) is 13.2 Å². The third-order valence-corrected chi connectivity index (χ3v) is 3.89. The Morgan fingerprint density at radius 1 is 1.30 bits per heavy atom. The molecule has 6 heteroatoms. The van der Waals surface area contributed by atoms with E-state index in [2.05, 4.69) is 9.15 Å². The molecular weight excluding hydrogens is 165 g/mol. The van der Waals surface area contributed by atoms with Crippen molar-refractivity contribution in [2.75, 3.05) is 0 Å². The van der Waals surface area contributed by atoms with Gasteiger partial charge in [0.05, 0.1) is 0 Å². The fourth-order valence-electron chi connectivity index (χ4n) is 0.699. The van der Waals surface area contributed by atoms with Crippen LogP contribution in [0.15, 0.2) is 0 Å². The SMILES string of the molecule is CCC[Si]1(C(F)(F)F)OO1. The van der Waals surface area contributed by atoms with E-state index in [9.17, 15) is 13.2 Å². The molecule has 0 atom stereocenters. The van der Waals surface area contributed by atoms with Crippen molar-refractivity contribution >= 4 is 8.56 Å². The maximum atomic E-state index is 11.9. The molecule has 2 nitrogen and oxygen atoms in total. The summed E-state index contributed by atoms with van der Waals surface area (Å²) in [5.74, 6) is -4.25. The Labute approximate surface area is 57.1 Å². The molecule has 0 aromatic rings. The second kappa shape index (κ2) is 2.21. The van der Waals surface area contributed by atoms with Crippen molar-refractivity contribution in [2.45, 2.75) is 25.2 Å². The molecule has 60 valence electrons. The number of hydrogen-bond acceptors (Lipinski definition) is 2. The van der Waals surface area contributed by atoms with E-state index in [1.165, 1.54) is 0 Å². The van der Waals surface area contributed by atoms with Crippen molar-refractivity contribution in [3.05, 3.63) is 0 Å². The van der Waals surface area contributed by atoms with Crippen LogP contribution < -0.4 is 0 Å². The lowest BCUT2D eigenvalue weighted by molar-refractivity contribution is -0.0593. The van der Waals surface area contributed by atoms with Crippen LogP contribution in [0.3, 0.4) is 0 Å². The lowest BCUT2D eigenvalue weighted by Gasteiger charge is -2.05. The Bertz CT molecular complexity index is 131. The Kier molecular flexibility index (Phi) is 1.78. The molecule has 1 heterocycles. The Morgan fingerprint density at radius 3 is 1.90 bits per heavy atom. The highest BCUT2D eigenvalue weighted by molar-refractivity contribution is 6.74. The van der Waals surface area contributed by atoms with E-state index in [1.54, 1.807) is 6.92 Å². The monoisotopic (exact) mass is 172 g/mol.